The lowest BCUT2D eigenvalue weighted by Gasteiger charge is -2.00. The first-order chi connectivity index (χ1) is 8.60. The molecule has 1 N–H and O–H groups in total. The molecule has 0 unspecified atom stereocenters. The predicted molar refractivity (Wildman–Crippen MR) is 74.5 cm³/mol. The van der Waals surface area contributed by atoms with E-state index in [9.17, 15) is 5.11 Å². The molecule has 3 rings (SSSR count). The fourth-order valence-corrected chi connectivity index (χ4v) is 3.38. The van der Waals surface area contributed by atoms with Gasteiger partial charge in [0.2, 0.25) is 0 Å². The van der Waals surface area contributed by atoms with E-state index >= 15 is 0 Å². The topological polar surface area (TPSA) is 20.2 Å². The first kappa shape index (κ1) is 11.9. The van der Waals surface area contributed by atoms with E-state index in [2.05, 4.69) is 0 Å². The Balaban J connectivity index is 1.93. The Kier molecular flexibility index (Phi) is 2.76. The van der Waals surface area contributed by atoms with Crippen LogP contribution >= 0.6 is 23.2 Å². The summed E-state index contributed by atoms with van der Waals surface area (Å²) in [5.74, 6) is 0.459. The molecule has 18 heavy (non-hydrogen) atoms. The Morgan fingerprint density at radius 2 is 1.28 bits per heavy atom. The lowest BCUT2D eigenvalue weighted by molar-refractivity contribution is 0.475. The largest absolute Gasteiger partial charge is 0.508 e. The molecule has 0 spiro atoms. The molecule has 0 aliphatic heterocycles. The molecule has 0 saturated heterocycles. The number of benzene rings is 2. The van der Waals surface area contributed by atoms with Gasteiger partial charge in [0.15, 0.2) is 0 Å². The van der Waals surface area contributed by atoms with E-state index in [1.807, 2.05) is 42.5 Å². The third-order valence-corrected chi connectivity index (χ3v) is 4.40. The Morgan fingerprint density at radius 1 is 0.778 bits per heavy atom. The number of rotatable bonds is 2. The summed E-state index contributed by atoms with van der Waals surface area (Å²) in [7, 11) is 0. The van der Waals surface area contributed by atoms with E-state index in [4.69, 9.17) is 23.2 Å². The minimum absolute atomic E-state index is 0.0869. The van der Waals surface area contributed by atoms with E-state index in [1.54, 1.807) is 12.1 Å². The zero-order valence-electron chi connectivity index (χ0n) is 9.55. The summed E-state index contributed by atoms with van der Waals surface area (Å²) in [6, 6.07) is 17.1. The number of alkyl halides is 2. The van der Waals surface area contributed by atoms with Crippen molar-refractivity contribution in [1.82, 2.24) is 0 Å². The third-order valence-electron chi connectivity index (χ3n) is 3.46. The number of phenols is 1. The van der Waals surface area contributed by atoms with Crippen LogP contribution in [0.2, 0.25) is 0 Å². The normalized spacial score (nSPS) is 24.8. The number of hydrogen-bond acceptors (Lipinski definition) is 1. The van der Waals surface area contributed by atoms with E-state index in [0.717, 1.165) is 11.1 Å². The van der Waals surface area contributed by atoms with Crippen LogP contribution in [0.25, 0.3) is 0 Å². The number of halogens is 2. The van der Waals surface area contributed by atoms with Crippen LogP contribution in [-0.2, 0) is 0 Å². The first-order valence-corrected chi connectivity index (χ1v) is 6.58. The summed E-state index contributed by atoms with van der Waals surface area (Å²) in [6.07, 6.45) is 0. The highest BCUT2D eigenvalue weighted by Gasteiger charge is 2.64. The molecule has 1 saturated carbocycles. The third kappa shape index (κ3) is 1.88. The van der Waals surface area contributed by atoms with Crippen molar-refractivity contribution >= 4 is 23.2 Å². The molecule has 3 heteroatoms. The van der Waals surface area contributed by atoms with Crippen molar-refractivity contribution in [3.8, 4) is 5.75 Å². The van der Waals surface area contributed by atoms with Gasteiger partial charge in [-0.15, -0.1) is 23.2 Å². The molecule has 0 radical (unpaired) electrons. The van der Waals surface area contributed by atoms with E-state index < -0.39 is 4.33 Å². The van der Waals surface area contributed by atoms with E-state index in [0.29, 0.717) is 0 Å². The van der Waals surface area contributed by atoms with Gasteiger partial charge in [0.1, 0.15) is 10.1 Å². The second-order valence-corrected chi connectivity index (χ2v) is 6.08. The van der Waals surface area contributed by atoms with Crippen molar-refractivity contribution in [1.29, 1.82) is 0 Å². The Bertz CT molecular complexity index is 548. The summed E-state index contributed by atoms with van der Waals surface area (Å²) in [6.45, 7) is 0. The summed E-state index contributed by atoms with van der Waals surface area (Å²) in [5, 5.41) is 9.31. The van der Waals surface area contributed by atoms with Crippen molar-refractivity contribution in [2.45, 2.75) is 16.2 Å². The molecule has 2 aromatic rings. The number of hydrogen-bond donors (Lipinski definition) is 1. The van der Waals surface area contributed by atoms with Gasteiger partial charge in [0, 0.05) is 11.8 Å². The van der Waals surface area contributed by atoms with Crippen LogP contribution in [0.3, 0.4) is 0 Å². The van der Waals surface area contributed by atoms with Crippen LogP contribution in [-0.4, -0.2) is 9.44 Å². The fraction of sp³-hybridized carbons (Fsp3) is 0.200. The van der Waals surface area contributed by atoms with Gasteiger partial charge >= 0.3 is 0 Å². The monoisotopic (exact) mass is 278 g/mol. The standard InChI is InChI=1S/C15H12Cl2O/c16-15(17)13(10-4-2-1-3-5-10)14(15)11-6-8-12(18)9-7-11/h1-9,13-14,18H/t13-,14-/m1/s1. The van der Waals surface area contributed by atoms with Gasteiger partial charge in [0.05, 0.1) is 0 Å². The number of aromatic hydroxyl groups is 1. The zero-order chi connectivity index (χ0) is 12.8. The fourth-order valence-electron chi connectivity index (χ4n) is 2.50. The lowest BCUT2D eigenvalue weighted by Crippen LogP contribution is -1.90. The molecule has 1 aliphatic rings. The van der Waals surface area contributed by atoms with Crippen LogP contribution in [0.15, 0.2) is 54.6 Å². The van der Waals surface area contributed by atoms with Crippen molar-refractivity contribution in [3.05, 3.63) is 65.7 Å². The van der Waals surface area contributed by atoms with E-state index in [1.165, 1.54) is 0 Å². The van der Waals surface area contributed by atoms with Gasteiger partial charge in [0.25, 0.3) is 0 Å². The highest BCUT2D eigenvalue weighted by atomic mass is 35.5. The highest BCUT2D eigenvalue weighted by Crippen LogP contribution is 2.70. The van der Waals surface area contributed by atoms with Gasteiger partial charge in [-0.2, -0.15) is 0 Å². The van der Waals surface area contributed by atoms with Crippen molar-refractivity contribution in [3.63, 3.8) is 0 Å². The first-order valence-electron chi connectivity index (χ1n) is 5.82. The second-order valence-electron chi connectivity index (χ2n) is 4.63. The van der Waals surface area contributed by atoms with Crippen molar-refractivity contribution in [2.75, 3.05) is 0 Å². The molecule has 0 bridgehead atoms. The molecule has 92 valence electrons. The van der Waals surface area contributed by atoms with Crippen molar-refractivity contribution in [2.24, 2.45) is 0 Å². The van der Waals surface area contributed by atoms with Crippen LogP contribution in [0.4, 0.5) is 0 Å². The SMILES string of the molecule is Oc1ccc([C@@H]2[C@@H](c3ccccc3)C2(Cl)Cl)cc1. The van der Waals surface area contributed by atoms with Gasteiger partial charge < -0.3 is 5.11 Å². The molecule has 1 aliphatic carbocycles. The summed E-state index contributed by atoms with van der Waals surface area (Å²) >= 11 is 12.8. The Morgan fingerprint density at radius 3 is 1.83 bits per heavy atom. The van der Waals surface area contributed by atoms with Gasteiger partial charge in [-0.25, -0.2) is 0 Å². The van der Waals surface area contributed by atoms with Crippen molar-refractivity contribution < 1.29 is 5.11 Å². The smallest absolute Gasteiger partial charge is 0.133 e. The molecule has 1 nitrogen and oxygen atoms in total. The Hall–Kier alpha value is -1.18. The van der Waals surface area contributed by atoms with E-state index in [-0.39, 0.29) is 17.6 Å². The van der Waals surface area contributed by atoms with Crippen LogP contribution in [0.5, 0.6) is 5.75 Å². The molecule has 1 fully saturated rings. The molecule has 0 aromatic heterocycles. The van der Waals surface area contributed by atoms with Crippen LogP contribution in [0, 0.1) is 0 Å². The van der Waals surface area contributed by atoms with Crippen LogP contribution in [0.1, 0.15) is 23.0 Å². The van der Waals surface area contributed by atoms with Gasteiger partial charge in [-0.05, 0) is 23.3 Å². The highest BCUT2D eigenvalue weighted by molar-refractivity contribution is 6.52. The summed E-state index contributed by atoms with van der Waals surface area (Å²) in [4.78, 5) is 0. The summed E-state index contributed by atoms with van der Waals surface area (Å²) in [5.41, 5.74) is 2.22. The minimum atomic E-state index is -0.752. The molecule has 0 heterocycles. The Labute approximate surface area is 116 Å². The average Bonchev–Trinajstić information content (AvgIpc) is 2.94. The molecule has 2 atom stereocenters. The molecular formula is C15H12Cl2O. The van der Waals surface area contributed by atoms with Gasteiger partial charge in [-0.3, -0.25) is 0 Å². The summed E-state index contributed by atoms with van der Waals surface area (Å²) < 4.78 is -0.752. The van der Waals surface area contributed by atoms with Crippen LogP contribution < -0.4 is 0 Å². The minimum Gasteiger partial charge on any atom is -0.508 e. The van der Waals surface area contributed by atoms with Gasteiger partial charge in [-0.1, -0.05) is 42.5 Å². The maximum absolute atomic E-state index is 9.31. The average molecular weight is 279 g/mol. The second kappa shape index (κ2) is 4.18. The quantitative estimate of drug-likeness (QED) is 0.805. The zero-order valence-corrected chi connectivity index (χ0v) is 11.1. The predicted octanol–water partition coefficient (Wildman–Crippen LogP) is 4.45. The number of phenolic OH excluding ortho intramolecular Hbond substituents is 1. The lowest BCUT2D eigenvalue weighted by atomic mass is 10.0. The molecule has 2 aromatic carbocycles. The molecule has 0 amide bonds. The molecular weight excluding hydrogens is 267 g/mol. The maximum atomic E-state index is 9.31. The maximum Gasteiger partial charge on any atom is 0.133 e.